The smallest absolute Gasteiger partial charge is 0.326 e. The van der Waals surface area contributed by atoms with Crippen LogP contribution >= 0.6 is 11.6 Å². The van der Waals surface area contributed by atoms with Gasteiger partial charge in [-0.15, -0.1) is 11.6 Å². The Morgan fingerprint density at radius 2 is 2.00 bits per heavy atom. The Bertz CT molecular complexity index is 698. The van der Waals surface area contributed by atoms with Crippen molar-refractivity contribution < 1.29 is 17.0 Å². The van der Waals surface area contributed by atoms with Crippen LogP contribution in [0.15, 0.2) is 29.4 Å². The van der Waals surface area contributed by atoms with Crippen molar-refractivity contribution in [2.75, 3.05) is 13.0 Å². The first-order valence-corrected chi connectivity index (χ1v) is 7.63. The Balaban J connectivity index is 2.54. The Morgan fingerprint density at radius 1 is 1.35 bits per heavy atom. The summed E-state index contributed by atoms with van der Waals surface area (Å²) in [6, 6.07) is 5.63. The predicted molar refractivity (Wildman–Crippen MR) is 72.6 cm³/mol. The van der Waals surface area contributed by atoms with Gasteiger partial charge < -0.3 is 4.98 Å². The molecule has 2 rings (SSSR count). The highest BCUT2D eigenvalue weighted by atomic mass is 35.5. The van der Waals surface area contributed by atoms with E-state index in [0.29, 0.717) is 23.4 Å². The molecule has 0 atom stereocenters. The minimum Gasteiger partial charge on any atom is -0.326 e. The van der Waals surface area contributed by atoms with Crippen LogP contribution in [0, 0.1) is 5.82 Å². The maximum atomic E-state index is 12.9. The van der Waals surface area contributed by atoms with E-state index in [-0.39, 0.29) is 16.9 Å². The molecule has 0 aliphatic heterocycles. The van der Waals surface area contributed by atoms with Crippen LogP contribution in [0.1, 0.15) is 5.69 Å². The molecule has 20 heavy (non-hydrogen) atoms. The Hall–Kier alpha value is -1.44. The molecule has 0 saturated heterocycles. The molecule has 1 aromatic carbocycles. The lowest BCUT2D eigenvalue weighted by molar-refractivity contribution is 0.392. The van der Waals surface area contributed by atoms with E-state index in [1.807, 2.05) is 0 Å². The van der Waals surface area contributed by atoms with Gasteiger partial charge in [0.05, 0.1) is 18.5 Å². The van der Waals surface area contributed by atoms with E-state index in [2.05, 4.69) is 14.2 Å². The minimum absolute atomic E-state index is 0.283. The Morgan fingerprint density at radius 3 is 2.55 bits per heavy atom. The molecule has 0 fully saturated rings. The third-order valence-electron chi connectivity index (χ3n) is 2.68. The molecule has 108 valence electrons. The molecule has 2 aromatic rings. The van der Waals surface area contributed by atoms with E-state index >= 15 is 0 Å². The van der Waals surface area contributed by atoms with Gasteiger partial charge in [-0.25, -0.2) is 9.37 Å². The zero-order chi connectivity index (χ0) is 14.8. The van der Waals surface area contributed by atoms with E-state index in [4.69, 9.17) is 11.6 Å². The van der Waals surface area contributed by atoms with Crippen molar-refractivity contribution in [1.29, 1.82) is 0 Å². The van der Waals surface area contributed by atoms with Crippen molar-refractivity contribution in [2.45, 2.75) is 11.6 Å². The zero-order valence-corrected chi connectivity index (χ0v) is 12.1. The summed E-state index contributed by atoms with van der Waals surface area (Å²) in [4.78, 5) is 6.68. The molecular formula is C12H12ClFN2O3S. The standard InChI is InChI=1S/C12H12ClFN2O3S/c1-19-20(17,18)12-15-10(6-7-13)11(16-12)8-2-4-9(14)5-3-8/h2-5H,6-7H2,1H3,(H,15,16). The second-order valence-corrected chi connectivity index (χ2v) is 5.94. The number of nitrogens with one attached hydrogen (secondary N) is 1. The second kappa shape index (κ2) is 5.90. The molecule has 1 heterocycles. The molecule has 1 aromatic heterocycles. The lowest BCUT2D eigenvalue weighted by Gasteiger charge is -2.01. The van der Waals surface area contributed by atoms with Crippen LogP contribution in [0.25, 0.3) is 11.3 Å². The Labute approximate surface area is 120 Å². The molecule has 0 amide bonds. The molecule has 0 aliphatic rings. The predicted octanol–water partition coefficient (Wildman–Crippen LogP) is 2.33. The minimum atomic E-state index is -3.92. The molecule has 8 heteroatoms. The first kappa shape index (κ1) is 15.0. The summed E-state index contributed by atoms with van der Waals surface area (Å²) in [5, 5.41) is -0.292. The number of hydrogen-bond acceptors (Lipinski definition) is 4. The number of halogens is 2. The van der Waals surface area contributed by atoms with Crippen molar-refractivity contribution in [2.24, 2.45) is 0 Å². The fourth-order valence-electron chi connectivity index (χ4n) is 1.71. The van der Waals surface area contributed by atoms with Crippen LogP contribution in [-0.4, -0.2) is 31.4 Å². The molecular weight excluding hydrogens is 307 g/mol. The SMILES string of the molecule is COS(=O)(=O)c1nc(CCCl)c(-c2ccc(F)cc2)[nH]1. The molecule has 0 unspecified atom stereocenters. The summed E-state index contributed by atoms with van der Waals surface area (Å²) >= 11 is 5.68. The van der Waals surface area contributed by atoms with Crippen LogP contribution in [0.4, 0.5) is 4.39 Å². The average molecular weight is 319 g/mol. The van der Waals surface area contributed by atoms with Gasteiger partial charge >= 0.3 is 10.1 Å². The van der Waals surface area contributed by atoms with Gasteiger partial charge in [0.15, 0.2) is 0 Å². The normalized spacial score (nSPS) is 11.8. The summed E-state index contributed by atoms with van der Waals surface area (Å²) in [5.41, 5.74) is 1.60. The van der Waals surface area contributed by atoms with Gasteiger partial charge in [-0.3, -0.25) is 4.18 Å². The summed E-state index contributed by atoms with van der Waals surface area (Å²) in [5.74, 6) is -0.0946. The first-order valence-electron chi connectivity index (χ1n) is 5.69. The number of aryl methyl sites for hydroxylation is 1. The second-order valence-electron chi connectivity index (χ2n) is 3.93. The highest BCUT2D eigenvalue weighted by Gasteiger charge is 2.21. The van der Waals surface area contributed by atoms with Gasteiger partial charge in [0.2, 0.25) is 0 Å². The number of hydrogen-bond donors (Lipinski definition) is 1. The zero-order valence-electron chi connectivity index (χ0n) is 10.6. The summed E-state index contributed by atoms with van der Waals surface area (Å²) in [6.45, 7) is 0. The van der Waals surface area contributed by atoms with Gasteiger partial charge in [0, 0.05) is 17.9 Å². The first-order chi connectivity index (χ1) is 9.47. The number of imidazole rings is 1. The molecule has 0 spiro atoms. The van der Waals surface area contributed by atoms with Gasteiger partial charge in [-0.1, -0.05) is 0 Å². The van der Waals surface area contributed by atoms with E-state index in [1.165, 1.54) is 24.3 Å². The van der Waals surface area contributed by atoms with Crippen LogP contribution in [0.3, 0.4) is 0 Å². The third kappa shape index (κ3) is 3.00. The topological polar surface area (TPSA) is 72.1 Å². The molecule has 5 nitrogen and oxygen atoms in total. The summed E-state index contributed by atoms with van der Waals surface area (Å²) in [7, 11) is -2.87. The summed E-state index contributed by atoms with van der Waals surface area (Å²) in [6.07, 6.45) is 0.379. The van der Waals surface area contributed by atoms with Crippen LogP contribution in [0.2, 0.25) is 0 Å². The van der Waals surface area contributed by atoms with Gasteiger partial charge in [0.1, 0.15) is 5.82 Å². The number of benzene rings is 1. The van der Waals surface area contributed by atoms with Crippen molar-refractivity contribution in [3.05, 3.63) is 35.8 Å². The van der Waals surface area contributed by atoms with Crippen LogP contribution < -0.4 is 0 Å². The largest absolute Gasteiger partial charge is 0.330 e. The lowest BCUT2D eigenvalue weighted by Crippen LogP contribution is -2.05. The number of aromatic nitrogens is 2. The average Bonchev–Trinajstić information content (AvgIpc) is 2.85. The quantitative estimate of drug-likeness (QED) is 0.678. The third-order valence-corrected chi connectivity index (χ3v) is 3.97. The lowest BCUT2D eigenvalue weighted by atomic mass is 10.1. The van der Waals surface area contributed by atoms with E-state index < -0.39 is 10.1 Å². The van der Waals surface area contributed by atoms with E-state index in [1.54, 1.807) is 0 Å². The molecule has 0 saturated carbocycles. The monoisotopic (exact) mass is 318 g/mol. The number of alkyl halides is 1. The van der Waals surface area contributed by atoms with Gasteiger partial charge in [-0.05, 0) is 24.3 Å². The maximum Gasteiger partial charge on any atom is 0.330 e. The van der Waals surface area contributed by atoms with E-state index in [9.17, 15) is 12.8 Å². The summed E-state index contributed by atoms with van der Waals surface area (Å²) < 4.78 is 40.6. The molecule has 0 bridgehead atoms. The van der Waals surface area contributed by atoms with Gasteiger partial charge in [-0.2, -0.15) is 8.42 Å². The molecule has 0 aliphatic carbocycles. The van der Waals surface area contributed by atoms with Crippen molar-refractivity contribution in [3.63, 3.8) is 0 Å². The molecule has 0 radical (unpaired) electrons. The fourth-order valence-corrected chi connectivity index (χ4v) is 2.49. The Kier molecular flexibility index (Phi) is 4.42. The van der Waals surface area contributed by atoms with Crippen LogP contribution in [-0.2, 0) is 20.7 Å². The highest BCUT2D eigenvalue weighted by Crippen LogP contribution is 2.24. The van der Waals surface area contributed by atoms with Crippen molar-refractivity contribution >= 4 is 21.7 Å². The number of H-pyrrole nitrogens is 1. The fraction of sp³-hybridized carbons (Fsp3) is 0.250. The van der Waals surface area contributed by atoms with Crippen molar-refractivity contribution in [1.82, 2.24) is 9.97 Å². The van der Waals surface area contributed by atoms with Gasteiger partial charge in [0.25, 0.3) is 5.16 Å². The number of aromatic amines is 1. The van der Waals surface area contributed by atoms with E-state index in [0.717, 1.165) is 7.11 Å². The number of nitrogens with zero attached hydrogens (tertiary/aromatic N) is 1. The highest BCUT2D eigenvalue weighted by molar-refractivity contribution is 7.86. The van der Waals surface area contributed by atoms with Crippen molar-refractivity contribution in [3.8, 4) is 11.3 Å². The number of rotatable bonds is 5. The van der Waals surface area contributed by atoms with Crippen LogP contribution in [0.5, 0.6) is 0 Å². The molecule has 1 N–H and O–H groups in total. The maximum absolute atomic E-state index is 12.9.